The Bertz CT molecular complexity index is 249. The fraction of sp³-hybridized carbons (Fsp3) is 1.00. The van der Waals surface area contributed by atoms with Crippen molar-refractivity contribution in [1.82, 2.24) is 15.1 Å². The number of likely N-dealkylation sites (N-methyl/N-ethyl adjacent to an activating group) is 1. The number of nitrogens with zero attached hydrogens (tertiary/aromatic N) is 2. The molecule has 1 N–H and O–H groups in total. The second-order valence-corrected chi connectivity index (χ2v) is 7.51. The minimum Gasteiger partial charge on any atom is -0.314 e. The van der Waals surface area contributed by atoms with Crippen molar-refractivity contribution in [2.75, 3.05) is 39.8 Å². The number of hydrogen-bond donors (Lipinski definition) is 1. The first-order valence-corrected chi connectivity index (χ1v) is 7.30. The second kappa shape index (κ2) is 5.89. The molecule has 0 amide bonds. The average Bonchev–Trinajstić information content (AvgIpc) is 2.27. The molecule has 1 atom stereocenters. The Morgan fingerprint density at radius 2 is 1.61 bits per heavy atom. The van der Waals surface area contributed by atoms with Crippen molar-refractivity contribution in [1.29, 1.82) is 0 Å². The second-order valence-electron chi connectivity index (χ2n) is 7.51. The van der Waals surface area contributed by atoms with Crippen LogP contribution in [0.4, 0.5) is 0 Å². The van der Waals surface area contributed by atoms with Crippen molar-refractivity contribution in [2.24, 2.45) is 5.41 Å². The van der Waals surface area contributed by atoms with Crippen LogP contribution < -0.4 is 5.32 Å². The summed E-state index contributed by atoms with van der Waals surface area (Å²) in [6.07, 6.45) is 0. The molecule has 1 aliphatic heterocycles. The summed E-state index contributed by atoms with van der Waals surface area (Å²) in [6, 6.07) is 0.597. The molecule has 0 aromatic heterocycles. The van der Waals surface area contributed by atoms with Gasteiger partial charge in [0.2, 0.25) is 0 Å². The first-order chi connectivity index (χ1) is 8.14. The zero-order chi connectivity index (χ0) is 14.0. The molecule has 18 heavy (non-hydrogen) atoms. The van der Waals surface area contributed by atoms with E-state index in [4.69, 9.17) is 0 Å². The summed E-state index contributed by atoms with van der Waals surface area (Å²) in [5.74, 6) is 0. The van der Waals surface area contributed by atoms with E-state index < -0.39 is 0 Å². The standard InChI is InChI=1S/C15H33N3/c1-13(14(2,3)4)17(7)12-15(5,6)18-10-8-16-9-11-18/h13,16H,8-12H2,1-7H3. The maximum atomic E-state index is 3.43. The zero-order valence-corrected chi connectivity index (χ0v) is 13.5. The van der Waals surface area contributed by atoms with Gasteiger partial charge >= 0.3 is 0 Å². The molecule has 0 radical (unpaired) electrons. The lowest BCUT2D eigenvalue weighted by molar-refractivity contribution is 0.0393. The third-order valence-electron chi connectivity index (χ3n) is 4.52. The first kappa shape index (κ1) is 15.9. The summed E-state index contributed by atoms with van der Waals surface area (Å²) in [5, 5.41) is 3.43. The van der Waals surface area contributed by atoms with Gasteiger partial charge in [-0.25, -0.2) is 0 Å². The highest BCUT2D eigenvalue weighted by Crippen LogP contribution is 2.25. The summed E-state index contributed by atoms with van der Waals surface area (Å²) in [6.45, 7) is 19.8. The van der Waals surface area contributed by atoms with Crippen molar-refractivity contribution in [3.05, 3.63) is 0 Å². The molecule has 3 heteroatoms. The summed E-state index contributed by atoms with van der Waals surface area (Å²) < 4.78 is 0. The Morgan fingerprint density at radius 1 is 1.11 bits per heavy atom. The first-order valence-electron chi connectivity index (χ1n) is 7.30. The molecule has 0 aliphatic carbocycles. The molecular weight excluding hydrogens is 222 g/mol. The van der Waals surface area contributed by atoms with Crippen molar-refractivity contribution in [2.45, 2.75) is 53.1 Å². The SMILES string of the molecule is CC(N(C)CC(C)(C)N1CCNCC1)C(C)(C)C. The lowest BCUT2D eigenvalue weighted by Gasteiger charge is -2.46. The van der Waals surface area contributed by atoms with Gasteiger partial charge in [0.1, 0.15) is 0 Å². The summed E-state index contributed by atoms with van der Waals surface area (Å²) in [5.41, 5.74) is 0.602. The summed E-state index contributed by atoms with van der Waals surface area (Å²) in [7, 11) is 2.26. The highest BCUT2D eigenvalue weighted by Gasteiger charge is 2.32. The molecule has 0 bridgehead atoms. The van der Waals surface area contributed by atoms with Crippen LogP contribution in [0.25, 0.3) is 0 Å². The molecule has 108 valence electrons. The smallest absolute Gasteiger partial charge is 0.0281 e. The van der Waals surface area contributed by atoms with Crippen LogP contribution in [-0.2, 0) is 0 Å². The van der Waals surface area contributed by atoms with E-state index in [2.05, 4.69) is 63.7 Å². The Hall–Kier alpha value is -0.120. The number of rotatable bonds is 4. The monoisotopic (exact) mass is 255 g/mol. The average molecular weight is 255 g/mol. The predicted molar refractivity (Wildman–Crippen MR) is 80.1 cm³/mol. The predicted octanol–water partition coefficient (Wildman–Crippen LogP) is 2.04. The van der Waals surface area contributed by atoms with Gasteiger partial charge in [-0.1, -0.05) is 20.8 Å². The maximum Gasteiger partial charge on any atom is 0.0281 e. The zero-order valence-electron chi connectivity index (χ0n) is 13.5. The van der Waals surface area contributed by atoms with Crippen LogP contribution in [0.3, 0.4) is 0 Å². The Morgan fingerprint density at radius 3 is 2.06 bits per heavy atom. The normalized spacial score (nSPS) is 21.3. The summed E-state index contributed by atoms with van der Waals surface area (Å²) in [4.78, 5) is 5.14. The maximum absolute atomic E-state index is 3.43. The summed E-state index contributed by atoms with van der Waals surface area (Å²) >= 11 is 0. The lowest BCUT2D eigenvalue weighted by atomic mass is 9.86. The Kier molecular flexibility index (Phi) is 5.22. The highest BCUT2D eigenvalue weighted by molar-refractivity contribution is 4.89. The molecule has 1 unspecified atom stereocenters. The van der Waals surface area contributed by atoms with Crippen LogP contribution in [0.2, 0.25) is 0 Å². The van der Waals surface area contributed by atoms with Gasteiger partial charge in [-0.05, 0) is 33.2 Å². The van der Waals surface area contributed by atoms with Gasteiger partial charge < -0.3 is 10.2 Å². The van der Waals surface area contributed by atoms with E-state index >= 15 is 0 Å². The van der Waals surface area contributed by atoms with Crippen LogP contribution in [0.5, 0.6) is 0 Å². The highest BCUT2D eigenvalue weighted by atomic mass is 15.3. The van der Waals surface area contributed by atoms with Gasteiger partial charge in [0.25, 0.3) is 0 Å². The van der Waals surface area contributed by atoms with Crippen LogP contribution in [0.1, 0.15) is 41.5 Å². The van der Waals surface area contributed by atoms with Gasteiger partial charge in [-0.2, -0.15) is 0 Å². The van der Waals surface area contributed by atoms with E-state index in [0.29, 0.717) is 11.5 Å². The lowest BCUT2D eigenvalue weighted by Crippen LogP contribution is -2.58. The van der Waals surface area contributed by atoms with Crippen molar-refractivity contribution < 1.29 is 0 Å². The Balaban J connectivity index is 2.58. The van der Waals surface area contributed by atoms with E-state index in [9.17, 15) is 0 Å². The molecule has 0 spiro atoms. The molecule has 1 saturated heterocycles. The molecular formula is C15H33N3. The minimum absolute atomic E-state index is 0.260. The number of nitrogens with one attached hydrogen (secondary N) is 1. The van der Waals surface area contributed by atoms with Crippen LogP contribution in [0, 0.1) is 5.41 Å². The number of piperazine rings is 1. The Labute approximate surface area is 114 Å². The third-order valence-corrected chi connectivity index (χ3v) is 4.52. The van der Waals surface area contributed by atoms with Gasteiger partial charge in [-0.3, -0.25) is 4.90 Å². The van der Waals surface area contributed by atoms with Gasteiger partial charge in [0.15, 0.2) is 0 Å². The van der Waals surface area contributed by atoms with Gasteiger partial charge in [0, 0.05) is 44.3 Å². The largest absolute Gasteiger partial charge is 0.314 e. The fourth-order valence-corrected chi connectivity index (χ4v) is 2.78. The van der Waals surface area contributed by atoms with Crippen molar-refractivity contribution >= 4 is 0 Å². The van der Waals surface area contributed by atoms with E-state index in [1.165, 1.54) is 13.1 Å². The molecule has 1 fully saturated rings. The molecule has 0 aromatic rings. The fourth-order valence-electron chi connectivity index (χ4n) is 2.78. The van der Waals surface area contributed by atoms with Crippen molar-refractivity contribution in [3.8, 4) is 0 Å². The molecule has 3 nitrogen and oxygen atoms in total. The molecule has 0 aromatic carbocycles. The molecule has 1 rings (SSSR count). The third kappa shape index (κ3) is 4.22. The van der Waals surface area contributed by atoms with Gasteiger partial charge in [0.05, 0.1) is 0 Å². The van der Waals surface area contributed by atoms with E-state index in [0.717, 1.165) is 19.6 Å². The molecule has 0 saturated carbocycles. The topological polar surface area (TPSA) is 18.5 Å². The van der Waals surface area contributed by atoms with E-state index in [1.54, 1.807) is 0 Å². The quantitative estimate of drug-likeness (QED) is 0.829. The number of hydrogen-bond acceptors (Lipinski definition) is 3. The van der Waals surface area contributed by atoms with Crippen LogP contribution in [-0.4, -0.2) is 61.2 Å². The van der Waals surface area contributed by atoms with E-state index in [-0.39, 0.29) is 5.54 Å². The van der Waals surface area contributed by atoms with E-state index in [1.807, 2.05) is 0 Å². The van der Waals surface area contributed by atoms with Gasteiger partial charge in [-0.15, -0.1) is 0 Å². The molecule has 1 heterocycles. The van der Waals surface area contributed by atoms with Crippen molar-refractivity contribution in [3.63, 3.8) is 0 Å². The van der Waals surface area contributed by atoms with Crippen LogP contribution >= 0.6 is 0 Å². The minimum atomic E-state index is 0.260. The molecule has 1 aliphatic rings. The van der Waals surface area contributed by atoms with Crippen LogP contribution in [0.15, 0.2) is 0 Å².